The van der Waals surface area contributed by atoms with E-state index in [1.807, 2.05) is 0 Å². The molecule has 1 rings (SSSR count). The molecular weight excluding hydrogens is 134 g/mol. The van der Waals surface area contributed by atoms with Crippen molar-refractivity contribution in [1.29, 1.82) is 0 Å². The van der Waals surface area contributed by atoms with Gasteiger partial charge in [0, 0.05) is 0 Å². The minimum Gasteiger partial charge on any atom is -0.365 e. The smallest absolute Gasteiger partial charge is 0.260 e. The molecule has 0 aliphatic rings. The fourth-order valence-electron chi connectivity index (χ4n) is 0.553. The van der Waals surface area contributed by atoms with Crippen LogP contribution < -0.4 is 5.73 Å². The summed E-state index contributed by atoms with van der Waals surface area (Å²) in [6.45, 7) is 1.44. The topological polar surface area (TPSA) is 82.0 Å². The molecule has 0 aliphatic carbocycles. The molecule has 0 saturated heterocycles. The first-order valence-electron chi connectivity index (χ1n) is 2.76. The summed E-state index contributed by atoms with van der Waals surface area (Å²) in [5.74, 6) is 0.310. The van der Waals surface area contributed by atoms with Crippen LogP contribution in [0.15, 0.2) is 4.52 Å². The van der Waals surface area contributed by atoms with Crippen LogP contribution in [0.1, 0.15) is 12.8 Å². The fourth-order valence-corrected chi connectivity index (χ4v) is 0.553. The van der Waals surface area contributed by atoms with E-state index < -0.39 is 0 Å². The Morgan fingerprint density at radius 2 is 2.50 bits per heavy atom. The van der Waals surface area contributed by atoms with Crippen molar-refractivity contribution in [3.8, 4) is 0 Å². The Morgan fingerprint density at radius 1 is 1.80 bits per heavy atom. The van der Waals surface area contributed by atoms with E-state index in [4.69, 9.17) is 5.73 Å². The van der Waals surface area contributed by atoms with Gasteiger partial charge in [0.25, 0.3) is 5.95 Å². The molecule has 0 saturated carbocycles. The minimum absolute atomic E-state index is 0.0244. The van der Waals surface area contributed by atoms with Crippen molar-refractivity contribution in [3.05, 3.63) is 5.89 Å². The Hall–Kier alpha value is -1.39. The number of hydrogen-bond donors (Lipinski definition) is 1. The maximum Gasteiger partial charge on any atom is 0.260 e. The number of carbonyl (C=O) groups excluding carboxylic acids is 1. The molecule has 0 fully saturated rings. The Kier molecular flexibility index (Phi) is 1.66. The summed E-state index contributed by atoms with van der Waals surface area (Å²) in [4.78, 5) is 14.1. The molecule has 5 heteroatoms. The van der Waals surface area contributed by atoms with Crippen LogP contribution in [0.3, 0.4) is 0 Å². The van der Waals surface area contributed by atoms with Gasteiger partial charge in [-0.1, -0.05) is 0 Å². The van der Waals surface area contributed by atoms with E-state index in [9.17, 15) is 4.79 Å². The molecule has 0 atom stereocenters. The summed E-state index contributed by atoms with van der Waals surface area (Å²) >= 11 is 0. The van der Waals surface area contributed by atoms with E-state index in [-0.39, 0.29) is 24.0 Å². The second-order valence-electron chi connectivity index (χ2n) is 1.93. The van der Waals surface area contributed by atoms with Crippen LogP contribution >= 0.6 is 0 Å². The summed E-state index contributed by atoms with van der Waals surface area (Å²) in [7, 11) is 0. The van der Waals surface area contributed by atoms with Crippen LogP contribution in [0.5, 0.6) is 0 Å². The molecule has 0 aromatic carbocycles. The molecule has 0 bridgehead atoms. The van der Waals surface area contributed by atoms with Crippen molar-refractivity contribution in [1.82, 2.24) is 10.1 Å². The van der Waals surface area contributed by atoms with E-state index in [0.717, 1.165) is 0 Å². The number of nitrogens with zero attached hydrogens (tertiary/aromatic N) is 2. The van der Waals surface area contributed by atoms with Gasteiger partial charge in [0.2, 0.25) is 5.89 Å². The number of carbonyl (C=O) groups is 1. The molecule has 5 nitrogen and oxygen atoms in total. The SMILES string of the molecule is CC(=O)Cc1nc(N)no1. The summed E-state index contributed by atoms with van der Waals surface area (Å²) in [6, 6.07) is 0. The maximum absolute atomic E-state index is 10.5. The van der Waals surface area contributed by atoms with E-state index >= 15 is 0 Å². The number of Topliss-reactive ketones (excluding diaryl/α,β-unsaturated/α-hetero) is 1. The number of ketones is 1. The average Bonchev–Trinajstić information content (AvgIpc) is 2.13. The molecule has 0 unspecified atom stereocenters. The van der Waals surface area contributed by atoms with Crippen molar-refractivity contribution in [2.45, 2.75) is 13.3 Å². The lowest BCUT2D eigenvalue weighted by Gasteiger charge is -1.82. The van der Waals surface area contributed by atoms with Gasteiger partial charge in [0.1, 0.15) is 5.78 Å². The molecule has 10 heavy (non-hydrogen) atoms. The number of nitrogen functional groups attached to an aromatic ring is 1. The van der Waals surface area contributed by atoms with Crippen molar-refractivity contribution in [2.75, 3.05) is 5.73 Å². The Labute approximate surface area is 57.2 Å². The van der Waals surface area contributed by atoms with E-state index in [1.54, 1.807) is 0 Å². The molecule has 1 heterocycles. The van der Waals surface area contributed by atoms with Crippen LogP contribution in [-0.4, -0.2) is 15.9 Å². The highest BCUT2D eigenvalue weighted by atomic mass is 16.5. The van der Waals surface area contributed by atoms with Gasteiger partial charge in [-0.3, -0.25) is 4.79 Å². The van der Waals surface area contributed by atoms with Gasteiger partial charge in [-0.15, -0.1) is 0 Å². The molecule has 1 aromatic heterocycles. The second kappa shape index (κ2) is 2.47. The van der Waals surface area contributed by atoms with E-state index in [1.165, 1.54) is 6.92 Å². The third-order valence-corrected chi connectivity index (χ3v) is 0.884. The van der Waals surface area contributed by atoms with Crippen molar-refractivity contribution in [3.63, 3.8) is 0 Å². The first-order valence-corrected chi connectivity index (χ1v) is 2.76. The third-order valence-electron chi connectivity index (χ3n) is 0.884. The summed E-state index contributed by atoms with van der Waals surface area (Å²) in [5.41, 5.74) is 5.13. The van der Waals surface area contributed by atoms with Crippen LogP contribution in [0, 0.1) is 0 Å². The van der Waals surface area contributed by atoms with E-state index in [2.05, 4.69) is 14.7 Å². The van der Waals surface area contributed by atoms with Crippen LogP contribution in [0.2, 0.25) is 0 Å². The summed E-state index contributed by atoms with van der Waals surface area (Å²) in [6.07, 6.45) is 0.157. The van der Waals surface area contributed by atoms with Gasteiger partial charge in [-0.25, -0.2) is 0 Å². The predicted octanol–water partition coefficient (Wildman–Crippen LogP) is -0.217. The number of nitrogens with two attached hydrogens (primary N) is 1. The van der Waals surface area contributed by atoms with Crippen molar-refractivity contribution < 1.29 is 9.32 Å². The fraction of sp³-hybridized carbons (Fsp3) is 0.400. The maximum atomic E-state index is 10.5. The minimum atomic E-state index is -0.0244. The van der Waals surface area contributed by atoms with Gasteiger partial charge >= 0.3 is 0 Å². The Balaban J connectivity index is 2.67. The van der Waals surface area contributed by atoms with Gasteiger partial charge in [0.15, 0.2) is 0 Å². The van der Waals surface area contributed by atoms with E-state index in [0.29, 0.717) is 0 Å². The predicted molar refractivity (Wildman–Crippen MR) is 33.1 cm³/mol. The molecule has 1 aromatic rings. The van der Waals surface area contributed by atoms with Gasteiger partial charge in [-0.2, -0.15) is 4.98 Å². The van der Waals surface area contributed by atoms with Crippen LogP contribution in [0.25, 0.3) is 0 Å². The standard InChI is InChI=1S/C5H7N3O2/c1-3(9)2-4-7-5(6)8-10-4/h2H2,1H3,(H2,6,8). The van der Waals surface area contributed by atoms with Gasteiger partial charge in [0.05, 0.1) is 6.42 Å². The molecule has 0 amide bonds. The normalized spacial score (nSPS) is 9.70. The Bertz CT molecular complexity index is 243. The van der Waals surface area contributed by atoms with Crippen LogP contribution in [-0.2, 0) is 11.2 Å². The van der Waals surface area contributed by atoms with Crippen molar-refractivity contribution in [2.24, 2.45) is 0 Å². The molecule has 0 radical (unpaired) electrons. The average molecular weight is 141 g/mol. The molecule has 54 valence electrons. The first-order chi connectivity index (χ1) is 4.68. The molecule has 0 spiro atoms. The quantitative estimate of drug-likeness (QED) is 0.615. The lowest BCUT2D eigenvalue weighted by molar-refractivity contribution is -0.116. The zero-order chi connectivity index (χ0) is 7.56. The highest BCUT2D eigenvalue weighted by molar-refractivity contribution is 5.77. The van der Waals surface area contributed by atoms with Gasteiger partial charge < -0.3 is 10.3 Å². The molecular formula is C5H7N3O2. The lowest BCUT2D eigenvalue weighted by Crippen LogP contribution is -1.96. The highest BCUT2D eigenvalue weighted by Gasteiger charge is 2.04. The number of anilines is 1. The summed E-state index contributed by atoms with van der Waals surface area (Å²) < 4.78 is 4.57. The number of rotatable bonds is 2. The lowest BCUT2D eigenvalue weighted by atomic mass is 10.3. The number of hydrogen-bond acceptors (Lipinski definition) is 5. The first kappa shape index (κ1) is 6.73. The zero-order valence-electron chi connectivity index (χ0n) is 5.50. The third kappa shape index (κ3) is 1.54. The molecule has 2 N–H and O–H groups in total. The van der Waals surface area contributed by atoms with Crippen molar-refractivity contribution >= 4 is 11.7 Å². The highest BCUT2D eigenvalue weighted by Crippen LogP contribution is 1.98. The monoisotopic (exact) mass is 141 g/mol. The van der Waals surface area contributed by atoms with Crippen LogP contribution in [0.4, 0.5) is 5.95 Å². The zero-order valence-corrected chi connectivity index (χ0v) is 5.50. The Morgan fingerprint density at radius 3 is 2.90 bits per heavy atom. The molecule has 0 aliphatic heterocycles. The largest absolute Gasteiger partial charge is 0.365 e. The summed E-state index contributed by atoms with van der Waals surface area (Å²) in [5, 5.41) is 3.31. The van der Waals surface area contributed by atoms with Gasteiger partial charge in [-0.05, 0) is 12.1 Å². The number of aromatic nitrogens is 2. The second-order valence-corrected chi connectivity index (χ2v) is 1.93.